The number of hydrogen-bond donors (Lipinski definition) is 1. The highest BCUT2D eigenvalue weighted by Crippen LogP contribution is 2.16. The van der Waals surface area contributed by atoms with Gasteiger partial charge in [0.2, 0.25) is 0 Å². The highest BCUT2D eigenvalue weighted by molar-refractivity contribution is 5.80. The lowest BCUT2D eigenvalue weighted by molar-refractivity contribution is -0.127. The van der Waals surface area contributed by atoms with Gasteiger partial charge in [-0.15, -0.1) is 0 Å². The summed E-state index contributed by atoms with van der Waals surface area (Å²) >= 11 is 0. The van der Waals surface area contributed by atoms with Crippen molar-refractivity contribution < 1.29 is 18.3 Å². The molecule has 6 heteroatoms. The van der Waals surface area contributed by atoms with E-state index in [1.807, 2.05) is 6.07 Å². The van der Waals surface area contributed by atoms with Gasteiger partial charge in [-0.3, -0.25) is 4.79 Å². The fourth-order valence-corrected chi connectivity index (χ4v) is 1.25. The average Bonchev–Trinajstić information content (AvgIpc) is 2.39. The van der Waals surface area contributed by atoms with Crippen LogP contribution in [-0.2, 0) is 4.79 Å². The maximum absolute atomic E-state index is 12.9. The second kappa shape index (κ2) is 6.69. The van der Waals surface area contributed by atoms with Crippen molar-refractivity contribution in [1.29, 1.82) is 5.26 Å². The van der Waals surface area contributed by atoms with Crippen molar-refractivity contribution in [3.63, 3.8) is 0 Å². The molecule has 0 aliphatic rings. The highest BCUT2D eigenvalue weighted by Gasteiger charge is 2.16. The van der Waals surface area contributed by atoms with Gasteiger partial charge in [0, 0.05) is 12.6 Å². The van der Waals surface area contributed by atoms with Gasteiger partial charge in [0.1, 0.15) is 5.75 Å². The lowest BCUT2D eigenvalue weighted by Gasteiger charge is -2.15. The van der Waals surface area contributed by atoms with Gasteiger partial charge in [0.25, 0.3) is 5.91 Å². The summed E-state index contributed by atoms with van der Waals surface area (Å²) in [6, 6.07) is 5.01. The van der Waals surface area contributed by atoms with Crippen LogP contribution in [0.25, 0.3) is 0 Å². The van der Waals surface area contributed by atoms with Crippen molar-refractivity contribution in [2.24, 2.45) is 5.92 Å². The summed E-state index contributed by atoms with van der Waals surface area (Å²) in [4.78, 5) is 11.6. The van der Waals surface area contributed by atoms with Crippen LogP contribution in [0, 0.1) is 28.9 Å². The highest BCUT2D eigenvalue weighted by atomic mass is 19.2. The van der Waals surface area contributed by atoms with Gasteiger partial charge in [0.05, 0.1) is 12.0 Å². The van der Waals surface area contributed by atoms with Crippen molar-refractivity contribution in [2.75, 3.05) is 6.54 Å². The molecule has 0 aliphatic heterocycles. The van der Waals surface area contributed by atoms with Crippen LogP contribution < -0.4 is 10.1 Å². The van der Waals surface area contributed by atoms with E-state index < -0.39 is 23.6 Å². The Kier molecular flexibility index (Phi) is 5.24. The van der Waals surface area contributed by atoms with Crippen molar-refractivity contribution in [3.8, 4) is 11.8 Å². The Morgan fingerprint density at radius 1 is 1.42 bits per heavy atom. The Bertz CT molecular complexity index is 500. The molecule has 0 saturated carbocycles. The SMILES string of the molecule is CC(C#N)CNC(=O)C(C)Oc1ccc(F)c(F)c1. The lowest BCUT2D eigenvalue weighted by Crippen LogP contribution is -2.38. The number of carbonyl (C=O) groups is 1. The summed E-state index contributed by atoms with van der Waals surface area (Å²) in [5, 5.41) is 11.1. The first kappa shape index (κ1) is 14.9. The number of nitrogens with zero attached hydrogens (tertiary/aromatic N) is 1. The van der Waals surface area contributed by atoms with Crippen molar-refractivity contribution in [1.82, 2.24) is 5.32 Å². The number of nitrogens with one attached hydrogen (secondary N) is 1. The molecule has 0 spiro atoms. The van der Waals surface area contributed by atoms with E-state index in [0.717, 1.165) is 12.1 Å². The monoisotopic (exact) mass is 268 g/mol. The molecule has 0 aliphatic carbocycles. The molecule has 4 nitrogen and oxygen atoms in total. The van der Waals surface area contributed by atoms with Gasteiger partial charge in [-0.1, -0.05) is 0 Å². The molecule has 0 bridgehead atoms. The van der Waals surface area contributed by atoms with Gasteiger partial charge in [-0.05, 0) is 26.0 Å². The number of nitriles is 1. The maximum atomic E-state index is 12.9. The zero-order valence-electron chi connectivity index (χ0n) is 10.6. The first-order valence-electron chi connectivity index (χ1n) is 5.73. The number of hydrogen-bond acceptors (Lipinski definition) is 3. The molecule has 1 rings (SSSR count). The molecule has 0 heterocycles. The molecule has 0 aromatic heterocycles. The Labute approximate surface area is 110 Å². The van der Waals surface area contributed by atoms with E-state index in [2.05, 4.69) is 5.32 Å². The van der Waals surface area contributed by atoms with Crippen LogP contribution in [0.2, 0.25) is 0 Å². The first-order chi connectivity index (χ1) is 8.93. The largest absolute Gasteiger partial charge is 0.481 e. The summed E-state index contributed by atoms with van der Waals surface area (Å²) in [6.07, 6.45) is -0.865. The maximum Gasteiger partial charge on any atom is 0.260 e. The second-order valence-electron chi connectivity index (χ2n) is 4.11. The molecular weight excluding hydrogens is 254 g/mol. The summed E-state index contributed by atoms with van der Waals surface area (Å²) in [6.45, 7) is 3.36. The van der Waals surface area contributed by atoms with Crippen LogP contribution in [0.4, 0.5) is 8.78 Å². The van der Waals surface area contributed by atoms with E-state index in [4.69, 9.17) is 10.00 Å². The zero-order valence-corrected chi connectivity index (χ0v) is 10.6. The van der Waals surface area contributed by atoms with E-state index in [1.165, 1.54) is 13.0 Å². The normalized spacial score (nSPS) is 13.2. The number of benzene rings is 1. The lowest BCUT2D eigenvalue weighted by atomic mass is 10.2. The van der Waals surface area contributed by atoms with Crippen molar-refractivity contribution >= 4 is 5.91 Å². The summed E-state index contributed by atoms with van der Waals surface area (Å²) in [5.74, 6) is -2.68. The van der Waals surface area contributed by atoms with Crippen LogP contribution in [0.15, 0.2) is 18.2 Å². The molecule has 0 radical (unpaired) electrons. The molecule has 2 atom stereocenters. The van der Waals surface area contributed by atoms with Crippen LogP contribution in [0.5, 0.6) is 5.75 Å². The van der Waals surface area contributed by atoms with E-state index in [1.54, 1.807) is 6.92 Å². The average molecular weight is 268 g/mol. The third-order valence-corrected chi connectivity index (χ3v) is 2.38. The third kappa shape index (κ3) is 4.54. The minimum atomic E-state index is -1.04. The van der Waals surface area contributed by atoms with Gasteiger partial charge < -0.3 is 10.1 Å². The summed E-state index contributed by atoms with van der Waals surface area (Å²) in [7, 11) is 0. The number of halogens is 2. The van der Waals surface area contributed by atoms with Gasteiger partial charge >= 0.3 is 0 Å². The van der Waals surface area contributed by atoms with E-state index >= 15 is 0 Å². The van der Waals surface area contributed by atoms with E-state index in [0.29, 0.717) is 0 Å². The predicted molar refractivity (Wildman–Crippen MR) is 64.2 cm³/mol. The molecule has 0 saturated heterocycles. The summed E-state index contributed by atoms with van der Waals surface area (Å²) < 4.78 is 30.8. The first-order valence-corrected chi connectivity index (χ1v) is 5.73. The van der Waals surface area contributed by atoms with Gasteiger partial charge in [-0.2, -0.15) is 5.26 Å². The second-order valence-corrected chi connectivity index (χ2v) is 4.11. The standard InChI is InChI=1S/C13H14F2N2O2/c1-8(6-16)7-17-13(18)9(2)19-10-3-4-11(14)12(15)5-10/h3-5,8-9H,7H2,1-2H3,(H,17,18). The van der Waals surface area contributed by atoms with E-state index in [-0.39, 0.29) is 18.2 Å². The van der Waals surface area contributed by atoms with Gasteiger partial charge in [-0.25, -0.2) is 8.78 Å². The number of amides is 1. The molecule has 1 N–H and O–H groups in total. The fraction of sp³-hybridized carbons (Fsp3) is 0.385. The number of rotatable bonds is 5. The Morgan fingerprint density at radius 3 is 2.68 bits per heavy atom. The topological polar surface area (TPSA) is 62.1 Å². The molecule has 1 aromatic rings. The Hall–Kier alpha value is -2.16. The predicted octanol–water partition coefficient (Wildman–Crippen LogP) is 2.01. The molecule has 1 amide bonds. The van der Waals surface area contributed by atoms with Crippen molar-refractivity contribution in [3.05, 3.63) is 29.8 Å². The Balaban J connectivity index is 2.54. The van der Waals surface area contributed by atoms with Crippen LogP contribution in [0.1, 0.15) is 13.8 Å². The van der Waals surface area contributed by atoms with E-state index in [9.17, 15) is 13.6 Å². The molecule has 102 valence electrons. The summed E-state index contributed by atoms with van der Waals surface area (Å²) in [5.41, 5.74) is 0. The quantitative estimate of drug-likeness (QED) is 0.888. The van der Waals surface area contributed by atoms with Crippen LogP contribution in [0.3, 0.4) is 0 Å². The molecule has 0 fully saturated rings. The fourth-order valence-electron chi connectivity index (χ4n) is 1.25. The minimum absolute atomic E-state index is 0.0647. The smallest absolute Gasteiger partial charge is 0.260 e. The molecule has 2 unspecified atom stereocenters. The molecule has 1 aromatic carbocycles. The minimum Gasteiger partial charge on any atom is -0.481 e. The number of carbonyl (C=O) groups excluding carboxylic acids is 1. The van der Waals surface area contributed by atoms with Crippen molar-refractivity contribution in [2.45, 2.75) is 20.0 Å². The third-order valence-electron chi connectivity index (χ3n) is 2.38. The van der Waals surface area contributed by atoms with Crippen LogP contribution >= 0.6 is 0 Å². The molecular formula is C13H14F2N2O2. The molecule has 19 heavy (non-hydrogen) atoms. The zero-order chi connectivity index (χ0) is 14.4. The number of ether oxygens (including phenoxy) is 1. The van der Waals surface area contributed by atoms with Gasteiger partial charge in [0.15, 0.2) is 17.7 Å². The Morgan fingerprint density at radius 2 is 2.11 bits per heavy atom. The van der Waals surface area contributed by atoms with Crippen LogP contribution in [-0.4, -0.2) is 18.6 Å².